The van der Waals surface area contributed by atoms with E-state index in [1.807, 2.05) is 0 Å². The third-order valence-electron chi connectivity index (χ3n) is 3.06. The van der Waals surface area contributed by atoms with Crippen molar-refractivity contribution in [3.8, 4) is 5.88 Å². The quantitative estimate of drug-likeness (QED) is 0.693. The Labute approximate surface area is 120 Å². The second-order valence-corrected chi connectivity index (χ2v) is 4.61. The fourth-order valence-electron chi connectivity index (χ4n) is 2.11. The van der Waals surface area contributed by atoms with Crippen LogP contribution < -0.4 is 5.56 Å². The van der Waals surface area contributed by atoms with Gasteiger partial charge in [0.25, 0.3) is 5.56 Å². The van der Waals surface area contributed by atoms with Crippen LogP contribution in [-0.4, -0.2) is 28.6 Å². The Hall–Kier alpha value is -2.01. The van der Waals surface area contributed by atoms with Gasteiger partial charge in [0, 0.05) is 23.2 Å². The van der Waals surface area contributed by atoms with E-state index in [9.17, 15) is 14.7 Å². The molecule has 20 heavy (non-hydrogen) atoms. The van der Waals surface area contributed by atoms with E-state index in [2.05, 4.69) is 4.74 Å². The van der Waals surface area contributed by atoms with Gasteiger partial charge in [-0.05, 0) is 12.5 Å². The number of alkyl halides is 1. The first-order valence-electron chi connectivity index (χ1n) is 6.10. The number of halogens is 1. The van der Waals surface area contributed by atoms with Crippen molar-refractivity contribution in [2.45, 2.75) is 13.0 Å². The molecule has 1 aromatic carbocycles. The largest absolute Gasteiger partial charge is 0.494 e. The van der Waals surface area contributed by atoms with Crippen LogP contribution in [0.25, 0.3) is 10.8 Å². The minimum atomic E-state index is -0.682. The van der Waals surface area contributed by atoms with Crippen molar-refractivity contribution in [1.82, 2.24) is 4.57 Å². The fraction of sp³-hybridized carbons (Fsp3) is 0.286. The van der Waals surface area contributed by atoms with Crippen molar-refractivity contribution in [1.29, 1.82) is 0 Å². The molecule has 5 nitrogen and oxygen atoms in total. The third-order valence-corrected chi connectivity index (χ3v) is 3.32. The predicted octanol–water partition coefficient (Wildman–Crippen LogP) is 2.12. The van der Waals surface area contributed by atoms with Gasteiger partial charge in [-0.1, -0.05) is 18.2 Å². The van der Waals surface area contributed by atoms with E-state index in [4.69, 9.17) is 11.6 Å². The number of hydrogen-bond acceptors (Lipinski definition) is 4. The molecule has 6 heteroatoms. The number of nitrogens with zero attached hydrogens (tertiary/aromatic N) is 1. The first-order valence-corrected chi connectivity index (χ1v) is 6.64. The molecule has 2 rings (SSSR count). The van der Waals surface area contributed by atoms with Gasteiger partial charge in [0.2, 0.25) is 5.88 Å². The zero-order valence-corrected chi connectivity index (χ0v) is 11.7. The molecule has 1 N–H and O–H groups in total. The second-order valence-electron chi connectivity index (χ2n) is 4.24. The van der Waals surface area contributed by atoms with E-state index in [1.54, 1.807) is 24.3 Å². The van der Waals surface area contributed by atoms with Gasteiger partial charge in [0.1, 0.15) is 5.56 Å². The summed E-state index contributed by atoms with van der Waals surface area (Å²) in [4.78, 5) is 24.2. The molecule has 2 aromatic rings. The van der Waals surface area contributed by atoms with E-state index in [0.29, 0.717) is 23.1 Å². The highest BCUT2D eigenvalue weighted by Crippen LogP contribution is 2.25. The summed E-state index contributed by atoms with van der Waals surface area (Å²) in [6, 6.07) is 6.61. The van der Waals surface area contributed by atoms with Crippen LogP contribution >= 0.6 is 11.6 Å². The van der Waals surface area contributed by atoms with Crippen LogP contribution in [0.4, 0.5) is 0 Å². The number of hydrogen-bond donors (Lipinski definition) is 1. The average Bonchev–Trinajstić information content (AvgIpc) is 2.47. The topological polar surface area (TPSA) is 68.5 Å². The van der Waals surface area contributed by atoms with Crippen molar-refractivity contribution in [3.05, 3.63) is 40.2 Å². The molecule has 106 valence electrons. The summed E-state index contributed by atoms with van der Waals surface area (Å²) in [6.07, 6.45) is 0.508. The summed E-state index contributed by atoms with van der Waals surface area (Å²) in [5.41, 5.74) is -0.354. The molecule has 0 unspecified atom stereocenters. The van der Waals surface area contributed by atoms with Crippen LogP contribution in [0.2, 0.25) is 0 Å². The highest BCUT2D eigenvalue weighted by atomic mass is 35.5. The number of carbonyl (C=O) groups excluding carboxylic acids is 1. The molecule has 0 aliphatic carbocycles. The van der Waals surface area contributed by atoms with Gasteiger partial charge in [-0.25, -0.2) is 4.79 Å². The lowest BCUT2D eigenvalue weighted by Gasteiger charge is -2.13. The third kappa shape index (κ3) is 2.36. The van der Waals surface area contributed by atoms with Gasteiger partial charge in [-0.2, -0.15) is 0 Å². The van der Waals surface area contributed by atoms with Crippen molar-refractivity contribution >= 4 is 28.3 Å². The first kappa shape index (κ1) is 14.4. The summed E-state index contributed by atoms with van der Waals surface area (Å²) in [5.74, 6) is -0.712. The monoisotopic (exact) mass is 295 g/mol. The molecule has 0 saturated carbocycles. The Kier molecular flexibility index (Phi) is 4.29. The van der Waals surface area contributed by atoms with Crippen LogP contribution in [0.5, 0.6) is 5.88 Å². The Morgan fingerprint density at radius 2 is 2.00 bits per heavy atom. The molecule has 0 spiro atoms. The molecule has 0 bridgehead atoms. The van der Waals surface area contributed by atoms with E-state index in [-0.39, 0.29) is 23.5 Å². The van der Waals surface area contributed by atoms with Crippen LogP contribution in [0.1, 0.15) is 16.8 Å². The van der Waals surface area contributed by atoms with Gasteiger partial charge in [-0.15, -0.1) is 11.6 Å². The lowest BCUT2D eigenvalue weighted by molar-refractivity contribution is 0.0598. The predicted molar refractivity (Wildman–Crippen MR) is 76.5 cm³/mol. The molecule has 1 heterocycles. The van der Waals surface area contributed by atoms with Crippen LogP contribution in [0, 0.1) is 0 Å². The fourth-order valence-corrected chi connectivity index (χ4v) is 2.23. The SMILES string of the molecule is COC(=O)c1c(O)n(CCCCl)c(=O)c2ccccc12. The molecule has 0 radical (unpaired) electrons. The minimum Gasteiger partial charge on any atom is -0.494 e. The number of aromatic hydroxyl groups is 1. The average molecular weight is 296 g/mol. The second kappa shape index (κ2) is 5.96. The Morgan fingerprint density at radius 1 is 1.35 bits per heavy atom. The van der Waals surface area contributed by atoms with Gasteiger partial charge >= 0.3 is 5.97 Å². The van der Waals surface area contributed by atoms with Crippen molar-refractivity contribution < 1.29 is 14.6 Å². The smallest absolute Gasteiger partial charge is 0.343 e. The molecular weight excluding hydrogens is 282 g/mol. The van der Waals surface area contributed by atoms with E-state index in [0.717, 1.165) is 4.57 Å². The number of methoxy groups -OCH3 is 1. The molecule has 0 amide bonds. The summed E-state index contributed by atoms with van der Waals surface area (Å²) in [6.45, 7) is 0.239. The van der Waals surface area contributed by atoms with Gasteiger partial charge < -0.3 is 9.84 Å². The zero-order valence-electron chi connectivity index (χ0n) is 10.9. The van der Waals surface area contributed by atoms with Gasteiger partial charge in [0.05, 0.1) is 7.11 Å². The number of pyridine rings is 1. The Balaban J connectivity index is 2.81. The molecule has 0 atom stereocenters. The Morgan fingerprint density at radius 3 is 2.60 bits per heavy atom. The van der Waals surface area contributed by atoms with E-state index >= 15 is 0 Å². The van der Waals surface area contributed by atoms with E-state index < -0.39 is 5.97 Å². The lowest BCUT2D eigenvalue weighted by atomic mass is 10.1. The standard InChI is InChI=1S/C14H14ClNO4/c1-20-14(19)11-9-5-2-3-6-10(9)12(17)16(13(11)18)8-4-7-15/h2-3,5-6,18H,4,7-8H2,1H3. The Bertz CT molecular complexity index is 708. The molecule has 0 aliphatic rings. The summed E-state index contributed by atoms with van der Waals surface area (Å²) >= 11 is 5.62. The van der Waals surface area contributed by atoms with Gasteiger partial charge in [0.15, 0.2) is 0 Å². The zero-order chi connectivity index (χ0) is 14.7. The highest BCUT2D eigenvalue weighted by molar-refractivity contribution is 6.17. The van der Waals surface area contributed by atoms with Crippen molar-refractivity contribution in [2.24, 2.45) is 0 Å². The first-order chi connectivity index (χ1) is 9.61. The van der Waals surface area contributed by atoms with Crippen molar-refractivity contribution in [3.63, 3.8) is 0 Å². The number of esters is 1. The molecular formula is C14H14ClNO4. The van der Waals surface area contributed by atoms with Crippen LogP contribution in [-0.2, 0) is 11.3 Å². The minimum absolute atomic E-state index is 0.00253. The number of aromatic nitrogens is 1. The number of ether oxygens (including phenoxy) is 1. The number of carbonyl (C=O) groups is 1. The summed E-state index contributed by atoms with van der Waals surface area (Å²) in [7, 11) is 1.23. The number of fused-ring (bicyclic) bond motifs is 1. The van der Waals surface area contributed by atoms with E-state index in [1.165, 1.54) is 7.11 Å². The highest BCUT2D eigenvalue weighted by Gasteiger charge is 2.21. The molecule has 1 aromatic heterocycles. The maximum Gasteiger partial charge on any atom is 0.343 e. The molecule has 0 saturated heterocycles. The number of benzene rings is 1. The molecule has 0 fully saturated rings. The normalized spacial score (nSPS) is 10.7. The van der Waals surface area contributed by atoms with Gasteiger partial charge in [-0.3, -0.25) is 9.36 Å². The number of rotatable bonds is 4. The maximum absolute atomic E-state index is 12.3. The van der Waals surface area contributed by atoms with Crippen LogP contribution in [0.15, 0.2) is 29.1 Å². The summed E-state index contributed by atoms with van der Waals surface area (Å²) < 4.78 is 5.83. The lowest BCUT2D eigenvalue weighted by Crippen LogP contribution is -2.23. The maximum atomic E-state index is 12.3. The molecule has 0 aliphatic heterocycles. The van der Waals surface area contributed by atoms with Crippen LogP contribution in [0.3, 0.4) is 0 Å². The summed E-state index contributed by atoms with van der Waals surface area (Å²) in [5, 5.41) is 11.0. The van der Waals surface area contributed by atoms with Crippen molar-refractivity contribution in [2.75, 3.05) is 13.0 Å².